The minimum atomic E-state index is -0.734. The van der Waals surface area contributed by atoms with Crippen LogP contribution in [0.3, 0.4) is 0 Å². The largest absolute Gasteiger partial charge is 0.274 e. The summed E-state index contributed by atoms with van der Waals surface area (Å²) in [5, 5.41) is 0. The van der Waals surface area contributed by atoms with Crippen molar-refractivity contribution in [3.8, 4) is 0 Å². The number of carbonyl (C=O) groups is 6. The summed E-state index contributed by atoms with van der Waals surface area (Å²) in [6.45, 7) is 0. The SMILES string of the molecule is O=C1CC(=S)C(=O)N1c1cc(N2C(=O)CC(=S)C2=O)cc(N2C(=O)CC(=S)C2=O)c1. The predicted octanol–water partition coefficient (Wildman–Crippen LogP) is 0.586. The van der Waals surface area contributed by atoms with Crippen LogP contribution in [0.5, 0.6) is 0 Å². The molecule has 0 radical (unpaired) electrons. The number of rotatable bonds is 3. The average Bonchev–Trinajstić information content (AvgIpc) is 3.18. The van der Waals surface area contributed by atoms with Gasteiger partial charge in [-0.05, 0) is 18.2 Å². The minimum Gasteiger partial charge on any atom is -0.274 e. The number of nitrogens with zero attached hydrogens (tertiary/aromatic N) is 3. The monoisotopic (exact) mass is 459 g/mol. The minimum absolute atomic E-state index is 0.0470. The van der Waals surface area contributed by atoms with E-state index >= 15 is 0 Å². The molecule has 0 saturated carbocycles. The molecule has 12 heteroatoms. The van der Waals surface area contributed by atoms with E-state index in [-0.39, 0.29) is 50.9 Å². The first kappa shape index (κ1) is 20.2. The molecular formula is C18H9N3O6S3. The average molecular weight is 459 g/mol. The third-order valence-electron chi connectivity index (χ3n) is 4.67. The fourth-order valence-corrected chi connectivity index (χ4v) is 3.98. The molecule has 30 heavy (non-hydrogen) atoms. The van der Waals surface area contributed by atoms with E-state index in [9.17, 15) is 28.8 Å². The molecule has 3 fully saturated rings. The molecule has 1 aromatic carbocycles. The highest BCUT2D eigenvalue weighted by atomic mass is 32.1. The zero-order valence-electron chi connectivity index (χ0n) is 14.9. The number of hydrogen-bond donors (Lipinski definition) is 0. The summed E-state index contributed by atoms with van der Waals surface area (Å²) in [6, 6.07) is 3.75. The normalized spacial score (nSPS) is 20.0. The molecule has 0 bridgehead atoms. The van der Waals surface area contributed by atoms with E-state index in [2.05, 4.69) is 0 Å². The Bertz CT molecular complexity index is 1020. The van der Waals surface area contributed by atoms with Crippen LogP contribution in [0.25, 0.3) is 0 Å². The van der Waals surface area contributed by atoms with Gasteiger partial charge in [0.25, 0.3) is 17.7 Å². The Hall–Kier alpha value is -3.09. The van der Waals surface area contributed by atoms with Gasteiger partial charge in [-0.1, -0.05) is 36.7 Å². The van der Waals surface area contributed by atoms with Crippen molar-refractivity contribution in [1.82, 2.24) is 0 Å². The van der Waals surface area contributed by atoms with Gasteiger partial charge in [0.2, 0.25) is 17.7 Å². The molecule has 3 heterocycles. The molecule has 9 nitrogen and oxygen atoms in total. The number of carbonyl (C=O) groups excluding carboxylic acids is 6. The van der Waals surface area contributed by atoms with Crippen LogP contribution >= 0.6 is 36.7 Å². The number of anilines is 3. The van der Waals surface area contributed by atoms with Gasteiger partial charge in [-0.15, -0.1) is 0 Å². The van der Waals surface area contributed by atoms with Gasteiger partial charge in [-0.3, -0.25) is 28.8 Å². The fourth-order valence-electron chi connectivity index (χ4n) is 3.34. The van der Waals surface area contributed by atoms with Crippen LogP contribution in [0.2, 0.25) is 0 Å². The van der Waals surface area contributed by atoms with Crippen LogP contribution in [0.15, 0.2) is 18.2 Å². The molecule has 3 aliphatic rings. The molecule has 0 atom stereocenters. The Balaban J connectivity index is 1.90. The van der Waals surface area contributed by atoms with Crippen molar-refractivity contribution in [1.29, 1.82) is 0 Å². The van der Waals surface area contributed by atoms with Crippen molar-refractivity contribution in [2.45, 2.75) is 19.3 Å². The van der Waals surface area contributed by atoms with Crippen LogP contribution in [0.4, 0.5) is 17.1 Å². The van der Waals surface area contributed by atoms with E-state index in [1.807, 2.05) is 0 Å². The maximum atomic E-state index is 12.4. The molecule has 0 N–H and O–H groups in total. The van der Waals surface area contributed by atoms with Gasteiger partial charge in [-0.25, -0.2) is 14.7 Å². The van der Waals surface area contributed by atoms with Gasteiger partial charge >= 0.3 is 0 Å². The second kappa shape index (κ2) is 7.00. The van der Waals surface area contributed by atoms with Crippen LogP contribution in [-0.2, 0) is 28.8 Å². The first-order valence-corrected chi connectivity index (χ1v) is 9.68. The molecule has 0 spiro atoms. The Morgan fingerprint density at radius 1 is 0.500 bits per heavy atom. The van der Waals surface area contributed by atoms with Crippen molar-refractivity contribution < 1.29 is 28.8 Å². The number of benzene rings is 1. The number of imide groups is 3. The van der Waals surface area contributed by atoms with Gasteiger partial charge in [0.15, 0.2) is 0 Å². The van der Waals surface area contributed by atoms with Gasteiger partial charge in [0.05, 0.1) is 50.9 Å². The number of amides is 6. The summed E-state index contributed by atoms with van der Waals surface area (Å²) < 4.78 is 0. The fraction of sp³-hybridized carbons (Fsp3) is 0.167. The van der Waals surface area contributed by atoms with Crippen LogP contribution in [0.1, 0.15) is 19.3 Å². The highest BCUT2D eigenvalue weighted by Crippen LogP contribution is 2.35. The zero-order valence-corrected chi connectivity index (χ0v) is 17.3. The highest BCUT2D eigenvalue weighted by molar-refractivity contribution is 7.82. The van der Waals surface area contributed by atoms with Crippen molar-refractivity contribution in [2.75, 3.05) is 14.7 Å². The molecule has 150 valence electrons. The lowest BCUT2D eigenvalue weighted by Crippen LogP contribution is -2.34. The van der Waals surface area contributed by atoms with Gasteiger partial charge in [0, 0.05) is 0 Å². The van der Waals surface area contributed by atoms with Crippen LogP contribution < -0.4 is 14.7 Å². The highest BCUT2D eigenvalue weighted by Gasteiger charge is 2.41. The van der Waals surface area contributed by atoms with E-state index < -0.39 is 35.4 Å². The maximum absolute atomic E-state index is 12.4. The summed E-state index contributed by atoms with van der Waals surface area (Å²) in [7, 11) is 0. The summed E-state index contributed by atoms with van der Waals surface area (Å²) in [5.41, 5.74) is -0.141. The second-order valence-corrected chi connectivity index (χ2v) is 8.09. The molecule has 3 aliphatic heterocycles. The quantitative estimate of drug-likeness (QED) is 0.473. The third kappa shape index (κ3) is 3.00. The lowest BCUT2D eigenvalue weighted by Gasteiger charge is -2.22. The molecule has 0 aromatic heterocycles. The third-order valence-corrected chi connectivity index (χ3v) is 5.63. The molecular weight excluding hydrogens is 450 g/mol. The molecule has 0 unspecified atom stereocenters. The molecule has 3 saturated heterocycles. The Kier molecular flexibility index (Phi) is 4.71. The summed E-state index contributed by atoms with van der Waals surface area (Å²) >= 11 is 14.7. The second-order valence-electron chi connectivity index (χ2n) is 6.61. The lowest BCUT2D eigenvalue weighted by atomic mass is 10.2. The van der Waals surface area contributed by atoms with Crippen molar-refractivity contribution in [2.24, 2.45) is 0 Å². The van der Waals surface area contributed by atoms with E-state index in [4.69, 9.17) is 36.7 Å². The van der Waals surface area contributed by atoms with E-state index in [1.54, 1.807) is 0 Å². The molecule has 1 aromatic rings. The number of hydrogen-bond acceptors (Lipinski definition) is 9. The summed E-state index contributed by atoms with van der Waals surface area (Å²) in [4.78, 5) is 76.1. The predicted molar refractivity (Wildman–Crippen MR) is 116 cm³/mol. The summed E-state index contributed by atoms with van der Waals surface area (Å²) in [6.07, 6.45) is -0.818. The zero-order chi connectivity index (χ0) is 21.9. The van der Waals surface area contributed by atoms with E-state index in [0.29, 0.717) is 0 Å². The smallest absolute Gasteiger partial charge is 0.272 e. The van der Waals surface area contributed by atoms with Crippen LogP contribution in [0, 0.1) is 0 Å². The first-order valence-electron chi connectivity index (χ1n) is 8.45. The van der Waals surface area contributed by atoms with Gasteiger partial charge in [0.1, 0.15) is 0 Å². The molecule has 0 aliphatic carbocycles. The summed E-state index contributed by atoms with van der Waals surface area (Å²) in [5.74, 6) is -4.04. The van der Waals surface area contributed by atoms with E-state index in [0.717, 1.165) is 14.7 Å². The topological polar surface area (TPSA) is 112 Å². The Morgan fingerprint density at radius 2 is 0.733 bits per heavy atom. The van der Waals surface area contributed by atoms with Crippen molar-refractivity contribution >= 4 is 104 Å². The standard InChI is InChI=1S/C18H9N3O6S3/c22-13-4-10(28)16(25)19(13)7-1-8(20-14(23)5-11(29)17(20)26)3-9(2-7)21-15(24)6-12(30)18(21)27/h1-3H,4-6H2. The lowest BCUT2D eigenvalue weighted by molar-refractivity contribution is -0.121. The first-order chi connectivity index (χ1) is 14.1. The van der Waals surface area contributed by atoms with Crippen LogP contribution in [-0.4, -0.2) is 50.0 Å². The number of thiocarbonyl (C=S) groups is 3. The molecule has 4 rings (SSSR count). The van der Waals surface area contributed by atoms with Crippen molar-refractivity contribution in [3.05, 3.63) is 18.2 Å². The van der Waals surface area contributed by atoms with Gasteiger partial charge < -0.3 is 0 Å². The Labute approximate surface area is 184 Å². The van der Waals surface area contributed by atoms with E-state index in [1.165, 1.54) is 18.2 Å². The maximum Gasteiger partial charge on any atom is 0.272 e. The van der Waals surface area contributed by atoms with Gasteiger partial charge in [-0.2, -0.15) is 0 Å². The van der Waals surface area contributed by atoms with Crippen molar-refractivity contribution in [3.63, 3.8) is 0 Å². The molecule has 6 amide bonds. The Morgan fingerprint density at radius 3 is 0.900 bits per heavy atom.